The summed E-state index contributed by atoms with van der Waals surface area (Å²) in [5.74, 6) is 0.738. The molecule has 0 aliphatic heterocycles. The van der Waals surface area contributed by atoms with E-state index in [1.807, 2.05) is 0 Å². The summed E-state index contributed by atoms with van der Waals surface area (Å²) in [6.45, 7) is 1.63. The van der Waals surface area contributed by atoms with Crippen molar-refractivity contribution in [3.63, 3.8) is 0 Å². The normalized spacial score (nSPS) is 11.2. The Balaban J connectivity index is 2.35. The third-order valence-corrected chi connectivity index (χ3v) is 2.86. The van der Waals surface area contributed by atoms with E-state index in [0.29, 0.717) is 22.6 Å². The van der Waals surface area contributed by atoms with Crippen LogP contribution >= 0.6 is 0 Å². The number of nitro groups is 1. The fourth-order valence-corrected chi connectivity index (χ4v) is 1.84. The molecule has 0 atom stereocenters. The summed E-state index contributed by atoms with van der Waals surface area (Å²) in [6.07, 6.45) is 0. The number of benzene rings is 2. The first kappa shape index (κ1) is 14.3. The van der Waals surface area contributed by atoms with Gasteiger partial charge in [0.1, 0.15) is 11.5 Å². The summed E-state index contributed by atoms with van der Waals surface area (Å²) in [5.41, 5.74) is 6.51. The van der Waals surface area contributed by atoms with Gasteiger partial charge in [0.15, 0.2) is 5.84 Å². The maximum atomic E-state index is 10.8. The Morgan fingerprint density at radius 2 is 2.05 bits per heavy atom. The van der Waals surface area contributed by atoms with Crippen LogP contribution in [0.15, 0.2) is 47.6 Å². The third kappa shape index (κ3) is 3.08. The zero-order valence-electron chi connectivity index (χ0n) is 11.2. The van der Waals surface area contributed by atoms with Crippen molar-refractivity contribution in [1.29, 1.82) is 0 Å². The van der Waals surface area contributed by atoms with E-state index in [2.05, 4.69) is 5.16 Å². The minimum Gasteiger partial charge on any atom is -0.457 e. The van der Waals surface area contributed by atoms with E-state index < -0.39 is 4.92 Å². The van der Waals surface area contributed by atoms with Crippen molar-refractivity contribution in [2.24, 2.45) is 10.9 Å². The van der Waals surface area contributed by atoms with Gasteiger partial charge in [-0.1, -0.05) is 17.3 Å². The first-order valence-electron chi connectivity index (χ1n) is 6.02. The lowest BCUT2D eigenvalue weighted by Gasteiger charge is -2.10. The van der Waals surface area contributed by atoms with Gasteiger partial charge >= 0.3 is 0 Å². The van der Waals surface area contributed by atoms with Crippen molar-refractivity contribution < 1.29 is 14.9 Å². The number of hydrogen-bond acceptors (Lipinski definition) is 5. The van der Waals surface area contributed by atoms with Gasteiger partial charge in [0.05, 0.1) is 10.5 Å². The number of rotatable bonds is 4. The highest BCUT2D eigenvalue weighted by Crippen LogP contribution is 2.29. The van der Waals surface area contributed by atoms with Crippen molar-refractivity contribution in [3.8, 4) is 11.5 Å². The highest BCUT2D eigenvalue weighted by atomic mass is 16.6. The van der Waals surface area contributed by atoms with Gasteiger partial charge in [-0.25, -0.2) is 0 Å². The SMILES string of the molecule is Cc1cc(Oc2ccccc2/C(N)=N/O)ccc1[N+](=O)[O-]. The van der Waals surface area contributed by atoms with Crippen LogP contribution in [0.4, 0.5) is 5.69 Å². The van der Waals surface area contributed by atoms with E-state index in [1.165, 1.54) is 12.1 Å². The predicted octanol–water partition coefficient (Wildman–Crippen LogP) is 2.79. The van der Waals surface area contributed by atoms with E-state index in [9.17, 15) is 10.1 Å². The van der Waals surface area contributed by atoms with Crippen molar-refractivity contribution >= 4 is 11.5 Å². The second kappa shape index (κ2) is 5.91. The molecule has 2 aromatic carbocycles. The van der Waals surface area contributed by atoms with Gasteiger partial charge in [-0.2, -0.15) is 0 Å². The average Bonchev–Trinajstić information content (AvgIpc) is 2.46. The molecule has 0 bridgehead atoms. The smallest absolute Gasteiger partial charge is 0.272 e. The van der Waals surface area contributed by atoms with Gasteiger partial charge in [0, 0.05) is 11.6 Å². The lowest BCUT2D eigenvalue weighted by atomic mass is 10.1. The summed E-state index contributed by atoms with van der Waals surface area (Å²) < 4.78 is 5.65. The Morgan fingerprint density at radius 1 is 1.33 bits per heavy atom. The van der Waals surface area contributed by atoms with Gasteiger partial charge in [-0.3, -0.25) is 10.1 Å². The summed E-state index contributed by atoms with van der Waals surface area (Å²) in [6, 6.07) is 11.2. The number of oxime groups is 1. The monoisotopic (exact) mass is 287 g/mol. The van der Waals surface area contributed by atoms with E-state index in [0.717, 1.165) is 0 Å². The summed E-state index contributed by atoms with van der Waals surface area (Å²) in [5, 5.41) is 22.5. The van der Waals surface area contributed by atoms with Crippen LogP contribution in [0.1, 0.15) is 11.1 Å². The van der Waals surface area contributed by atoms with E-state index >= 15 is 0 Å². The number of nitro benzene ring substituents is 1. The van der Waals surface area contributed by atoms with Crippen LogP contribution < -0.4 is 10.5 Å². The number of nitrogens with two attached hydrogens (primary N) is 1. The minimum absolute atomic E-state index is 0.0204. The topological polar surface area (TPSA) is 111 Å². The standard InChI is InChI=1S/C14H13N3O4/c1-9-8-10(6-7-12(9)17(19)20)21-13-5-3-2-4-11(13)14(15)16-18/h2-8,18H,1H3,(H2,15,16). The van der Waals surface area contributed by atoms with Crippen LogP contribution in [0.5, 0.6) is 11.5 Å². The molecule has 108 valence electrons. The summed E-state index contributed by atoms with van der Waals surface area (Å²) in [7, 11) is 0. The maximum Gasteiger partial charge on any atom is 0.272 e. The molecule has 0 radical (unpaired) electrons. The molecule has 0 aliphatic rings. The van der Waals surface area contributed by atoms with Gasteiger partial charge < -0.3 is 15.7 Å². The van der Waals surface area contributed by atoms with Crippen molar-refractivity contribution in [2.75, 3.05) is 0 Å². The van der Waals surface area contributed by atoms with Crippen molar-refractivity contribution in [2.45, 2.75) is 6.92 Å². The van der Waals surface area contributed by atoms with Crippen LogP contribution in [-0.4, -0.2) is 16.0 Å². The highest BCUT2D eigenvalue weighted by Gasteiger charge is 2.13. The molecule has 0 heterocycles. The molecule has 2 rings (SSSR count). The molecule has 0 amide bonds. The molecule has 7 heteroatoms. The van der Waals surface area contributed by atoms with Gasteiger partial charge in [-0.05, 0) is 31.2 Å². The second-order valence-corrected chi connectivity index (χ2v) is 4.29. The Bertz CT molecular complexity index is 713. The predicted molar refractivity (Wildman–Crippen MR) is 76.9 cm³/mol. The molecule has 0 aliphatic carbocycles. The van der Waals surface area contributed by atoms with E-state index in [4.69, 9.17) is 15.7 Å². The zero-order chi connectivity index (χ0) is 15.4. The van der Waals surface area contributed by atoms with Crippen LogP contribution in [-0.2, 0) is 0 Å². The largest absolute Gasteiger partial charge is 0.457 e. The molecule has 3 N–H and O–H groups in total. The first-order chi connectivity index (χ1) is 10.0. The fourth-order valence-electron chi connectivity index (χ4n) is 1.84. The van der Waals surface area contributed by atoms with E-state index in [-0.39, 0.29) is 11.5 Å². The molecule has 0 unspecified atom stereocenters. The van der Waals surface area contributed by atoms with Crippen LogP contribution in [0, 0.1) is 17.0 Å². The molecule has 0 aromatic heterocycles. The molecule has 21 heavy (non-hydrogen) atoms. The molecular formula is C14H13N3O4. The Labute approximate surface area is 120 Å². The number of nitrogens with zero attached hydrogens (tertiary/aromatic N) is 2. The number of para-hydroxylation sites is 1. The Kier molecular flexibility index (Phi) is 4.03. The molecule has 0 saturated carbocycles. The minimum atomic E-state index is -0.455. The van der Waals surface area contributed by atoms with Crippen molar-refractivity contribution in [1.82, 2.24) is 0 Å². The Hall–Kier alpha value is -3.09. The van der Waals surface area contributed by atoms with Crippen LogP contribution in [0.25, 0.3) is 0 Å². The third-order valence-electron chi connectivity index (χ3n) is 2.86. The Morgan fingerprint density at radius 3 is 2.67 bits per heavy atom. The summed E-state index contributed by atoms with van der Waals surface area (Å²) in [4.78, 5) is 10.3. The second-order valence-electron chi connectivity index (χ2n) is 4.29. The quantitative estimate of drug-likeness (QED) is 0.295. The molecule has 2 aromatic rings. The maximum absolute atomic E-state index is 10.8. The number of amidine groups is 1. The zero-order valence-corrected chi connectivity index (χ0v) is 11.2. The fraction of sp³-hybridized carbons (Fsp3) is 0.0714. The van der Waals surface area contributed by atoms with E-state index in [1.54, 1.807) is 37.3 Å². The molecule has 0 spiro atoms. The van der Waals surface area contributed by atoms with Gasteiger partial charge in [-0.15, -0.1) is 0 Å². The first-order valence-corrected chi connectivity index (χ1v) is 6.02. The van der Waals surface area contributed by atoms with Gasteiger partial charge in [0.2, 0.25) is 0 Å². The molecule has 0 saturated heterocycles. The average molecular weight is 287 g/mol. The summed E-state index contributed by atoms with van der Waals surface area (Å²) >= 11 is 0. The lowest BCUT2D eigenvalue weighted by molar-refractivity contribution is -0.385. The number of hydrogen-bond donors (Lipinski definition) is 2. The molecule has 0 fully saturated rings. The lowest BCUT2D eigenvalue weighted by Crippen LogP contribution is -2.14. The molecular weight excluding hydrogens is 274 g/mol. The van der Waals surface area contributed by atoms with Crippen LogP contribution in [0.3, 0.4) is 0 Å². The molecule has 7 nitrogen and oxygen atoms in total. The highest BCUT2D eigenvalue weighted by molar-refractivity contribution is 5.99. The van der Waals surface area contributed by atoms with Crippen LogP contribution in [0.2, 0.25) is 0 Å². The van der Waals surface area contributed by atoms with Gasteiger partial charge in [0.25, 0.3) is 5.69 Å². The number of ether oxygens (including phenoxy) is 1. The number of aryl methyl sites for hydroxylation is 1. The van der Waals surface area contributed by atoms with Crippen molar-refractivity contribution in [3.05, 3.63) is 63.7 Å².